The lowest BCUT2D eigenvalue weighted by Gasteiger charge is -2.18. The Morgan fingerprint density at radius 3 is 2.56 bits per heavy atom. The highest BCUT2D eigenvalue weighted by Crippen LogP contribution is 2.32. The predicted octanol–water partition coefficient (Wildman–Crippen LogP) is 3.83. The molecule has 0 spiro atoms. The molecule has 3 aromatic rings. The number of nitrogens with zero attached hydrogens (tertiary/aromatic N) is 2. The fourth-order valence-electron chi connectivity index (χ4n) is 3.82. The van der Waals surface area contributed by atoms with Gasteiger partial charge < -0.3 is 10.2 Å². The Labute approximate surface area is 192 Å². The first-order valence-corrected chi connectivity index (χ1v) is 12.1. The smallest absolute Gasteiger partial charge is 0.238 e. The summed E-state index contributed by atoms with van der Waals surface area (Å²) in [6.45, 7) is 1.90. The fourth-order valence-corrected chi connectivity index (χ4v) is 4.80. The molecule has 4 rings (SSSR count). The van der Waals surface area contributed by atoms with Crippen LogP contribution >= 0.6 is 11.6 Å². The van der Waals surface area contributed by atoms with Gasteiger partial charge in [-0.3, -0.25) is 9.78 Å². The van der Waals surface area contributed by atoms with E-state index in [2.05, 4.69) is 15.2 Å². The second-order valence-corrected chi connectivity index (χ2v) is 9.64. The Balaban J connectivity index is 1.62. The maximum absolute atomic E-state index is 12.5. The third-order valence-electron chi connectivity index (χ3n) is 5.39. The number of anilines is 2. The first-order valence-electron chi connectivity index (χ1n) is 10.2. The molecule has 0 radical (unpaired) electrons. The highest BCUT2D eigenvalue weighted by Gasteiger charge is 2.19. The number of carbonyl (C=O) groups is 1. The van der Waals surface area contributed by atoms with E-state index in [0.717, 1.165) is 31.6 Å². The first kappa shape index (κ1) is 22.3. The molecule has 1 aliphatic heterocycles. The molecule has 0 unspecified atom stereocenters. The molecule has 2 heterocycles. The molecule has 0 atom stereocenters. The lowest BCUT2D eigenvalue weighted by Crippen LogP contribution is -2.18. The van der Waals surface area contributed by atoms with Gasteiger partial charge in [-0.1, -0.05) is 35.9 Å². The molecule has 0 aliphatic carbocycles. The molecule has 9 heteroatoms. The molecule has 166 valence electrons. The van der Waals surface area contributed by atoms with Crippen molar-refractivity contribution >= 4 is 38.9 Å². The van der Waals surface area contributed by atoms with E-state index in [9.17, 15) is 13.2 Å². The van der Waals surface area contributed by atoms with Crippen LogP contribution in [0.4, 0.5) is 11.4 Å². The molecule has 0 bridgehead atoms. The standard InChI is InChI=1S/C23H23ClN4O3S/c24-21-6-2-1-5-16(21)12-23(29)27-18-7-8-20(22(13-18)32(25,30)31)17-11-19(15-26-14-17)28-9-3-4-10-28/h1-2,5-8,11,13-15H,3-4,9-10,12H2,(H,27,29)(H2,25,30,31). The van der Waals surface area contributed by atoms with Crippen molar-refractivity contribution in [1.29, 1.82) is 0 Å². The van der Waals surface area contributed by atoms with Crippen LogP contribution in [0.25, 0.3) is 11.1 Å². The zero-order valence-electron chi connectivity index (χ0n) is 17.3. The van der Waals surface area contributed by atoms with Gasteiger partial charge in [-0.2, -0.15) is 0 Å². The van der Waals surface area contributed by atoms with Crippen molar-refractivity contribution in [1.82, 2.24) is 4.98 Å². The summed E-state index contributed by atoms with van der Waals surface area (Å²) in [4.78, 5) is 18.9. The van der Waals surface area contributed by atoms with E-state index in [0.29, 0.717) is 27.4 Å². The van der Waals surface area contributed by atoms with Gasteiger partial charge in [0.15, 0.2) is 0 Å². The topological polar surface area (TPSA) is 105 Å². The lowest BCUT2D eigenvalue weighted by atomic mass is 10.1. The summed E-state index contributed by atoms with van der Waals surface area (Å²) >= 11 is 6.12. The highest BCUT2D eigenvalue weighted by atomic mass is 35.5. The molecule has 1 aromatic heterocycles. The van der Waals surface area contributed by atoms with E-state index in [1.807, 2.05) is 6.07 Å². The van der Waals surface area contributed by atoms with Crippen molar-refractivity contribution in [2.75, 3.05) is 23.3 Å². The Kier molecular flexibility index (Phi) is 6.45. The van der Waals surface area contributed by atoms with Crippen LogP contribution in [-0.4, -0.2) is 32.4 Å². The van der Waals surface area contributed by atoms with Crippen molar-refractivity contribution in [2.24, 2.45) is 5.14 Å². The number of nitrogens with one attached hydrogen (secondary N) is 1. The zero-order chi connectivity index (χ0) is 22.7. The quantitative estimate of drug-likeness (QED) is 0.569. The molecule has 0 saturated carbocycles. The van der Waals surface area contributed by atoms with Crippen LogP contribution < -0.4 is 15.4 Å². The number of nitrogens with two attached hydrogens (primary N) is 1. The fraction of sp³-hybridized carbons (Fsp3) is 0.217. The molecule has 32 heavy (non-hydrogen) atoms. The van der Waals surface area contributed by atoms with Gasteiger partial charge in [0.05, 0.1) is 23.2 Å². The Morgan fingerprint density at radius 1 is 1.09 bits per heavy atom. The van der Waals surface area contributed by atoms with E-state index < -0.39 is 10.0 Å². The molecule has 1 amide bonds. The molecule has 2 aromatic carbocycles. The van der Waals surface area contributed by atoms with Gasteiger partial charge in [0, 0.05) is 41.1 Å². The number of primary sulfonamides is 1. The summed E-state index contributed by atoms with van der Waals surface area (Å²) in [5.41, 5.74) is 3.04. The van der Waals surface area contributed by atoms with Gasteiger partial charge in [0.1, 0.15) is 0 Å². The van der Waals surface area contributed by atoms with Crippen LogP contribution in [0, 0.1) is 0 Å². The van der Waals surface area contributed by atoms with Crippen molar-refractivity contribution in [3.05, 3.63) is 71.5 Å². The largest absolute Gasteiger partial charge is 0.370 e. The summed E-state index contributed by atoms with van der Waals surface area (Å²) in [5, 5.41) is 8.73. The first-order chi connectivity index (χ1) is 15.3. The van der Waals surface area contributed by atoms with Gasteiger partial charge in [-0.25, -0.2) is 13.6 Å². The summed E-state index contributed by atoms with van der Waals surface area (Å²) < 4.78 is 24.7. The van der Waals surface area contributed by atoms with E-state index in [-0.39, 0.29) is 17.2 Å². The summed E-state index contributed by atoms with van der Waals surface area (Å²) in [5.74, 6) is -0.316. The molecular formula is C23H23ClN4O3S. The number of halogens is 1. The van der Waals surface area contributed by atoms with Crippen LogP contribution in [0.2, 0.25) is 5.02 Å². The van der Waals surface area contributed by atoms with Crippen LogP contribution in [0.1, 0.15) is 18.4 Å². The number of amides is 1. The maximum Gasteiger partial charge on any atom is 0.238 e. The average molecular weight is 471 g/mol. The molecule has 1 fully saturated rings. The number of hydrogen-bond donors (Lipinski definition) is 2. The molecule has 1 aliphatic rings. The predicted molar refractivity (Wildman–Crippen MR) is 126 cm³/mol. The molecule has 3 N–H and O–H groups in total. The second-order valence-electron chi connectivity index (χ2n) is 7.70. The molecule has 7 nitrogen and oxygen atoms in total. The number of hydrogen-bond acceptors (Lipinski definition) is 5. The van der Waals surface area contributed by atoms with Crippen LogP contribution in [0.15, 0.2) is 65.8 Å². The molecular weight excluding hydrogens is 448 g/mol. The third-order valence-corrected chi connectivity index (χ3v) is 6.71. The number of carbonyl (C=O) groups excluding carboxylic acids is 1. The van der Waals surface area contributed by atoms with E-state index in [1.54, 1.807) is 48.8 Å². The van der Waals surface area contributed by atoms with Gasteiger partial charge in [0.2, 0.25) is 15.9 Å². The van der Waals surface area contributed by atoms with Crippen LogP contribution in [0.3, 0.4) is 0 Å². The number of rotatable bonds is 6. The Morgan fingerprint density at radius 2 is 1.84 bits per heavy atom. The minimum atomic E-state index is -4.05. The number of sulfonamides is 1. The highest BCUT2D eigenvalue weighted by molar-refractivity contribution is 7.89. The van der Waals surface area contributed by atoms with Gasteiger partial charge in [-0.15, -0.1) is 0 Å². The number of pyridine rings is 1. The van der Waals surface area contributed by atoms with Crippen molar-refractivity contribution < 1.29 is 13.2 Å². The van der Waals surface area contributed by atoms with Crippen molar-refractivity contribution in [3.63, 3.8) is 0 Å². The minimum absolute atomic E-state index is 0.0634. The SMILES string of the molecule is NS(=O)(=O)c1cc(NC(=O)Cc2ccccc2Cl)ccc1-c1cncc(N2CCCC2)c1. The van der Waals surface area contributed by atoms with Gasteiger partial charge >= 0.3 is 0 Å². The summed E-state index contributed by atoms with van der Waals surface area (Å²) in [6, 6.07) is 13.6. The number of benzene rings is 2. The second kappa shape index (κ2) is 9.28. The minimum Gasteiger partial charge on any atom is -0.370 e. The van der Waals surface area contributed by atoms with Gasteiger partial charge in [-0.05, 0) is 42.7 Å². The van der Waals surface area contributed by atoms with Crippen molar-refractivity contribution in [2.45, 2.75) is 24.2 Å². The third kappa shape index (κ3) is 5.09. The summed E-state index contributed by atoms with van der Waals surface area (Å²) in [6.07, 6.45) is 5.69. The Bertz CT molecular complexity index is 1260. The maximum atomic E-state index is 12.5. The lowest BCUT2D eigenvalue weighted by molar-refractivity contribution is -0.115. The van der Waals surface area contributed by atoms with Gasteiger partial charge in [0.25, 0.3) is 0 Å². The summed E-state index contributed by atoms with van der Waals surface area (Å²) in [7, 11) is -4.05. The van der Waals surface area contributed by atoms with E-state index >= 15 is 0 Å². The average Bonchev–Trinajstić information content (AvgIpc) is 3.30. The molecule has 1 saturated heterocycles. The van der Waals surface area contributed by atoms with Crippen LogP contribution in [-0.2, 0) is 21.2 Å². The van der Waals surface area contributed by atoms with E-state index in [1.165, 1.54) is 6.07 Å². The Hall–Kier alpha value is -2.94. The van der Waals surface area contributed by atoms with Crippen LogP contribution in [0.5, 0.6) is 0 Å². The van der Waals surface area contributed by atoms with Crippen molar-refractivity contribution in [3.8, 4) is 11.1 Å². The zero-order valence-corrected chi connectivity index (χ0v) is 18.9. The number of aromatic nitrogens is 1. The monoisotopic (exact) mass is 470 g/mol. The van der Waals surface area contributed by atoms with E-state index in [4.69, 9.17) is 16.7 Å². The normalized spacial score (nSPS) is 13.9.